The SMILES string of the molecule is CC(=O)N1CCC(N(Cc2cc3c(cn2)OCCO3)C(=O)OC(C)(C)C)CC1.CC(=O)N1CCC(NCc2cc3c(cn2)OCCO3)CC1. The number of nitrogens with one attached hydrogen (secondary N) is 1. The Labute approximate surface area is 288 Å². The Morgan fingerprint density at radius 3 is 1.76 bits per heavy atom. The Kier molecular flexibility index (Phi) is 12.0. The molecule has 2 saturated heterocycles. The second kappa shape index (κ2) is 16.4. The van der Waals surface area contributed by atoms with Gasteiger partial charge < -0.3 is 38.8 Å². The molecule has 4 aliphatic heterocycles. The van der Waals surface area contributed by atoms with Crippen LogP contribution < -0.4 is 24.3 Å². The van der Waals surface area contributed by atoms with Gasteiger partial charge in [0, 0.05) is 70.8 Å². The smallest absolute Gasteiger partial charge is 0.410 e. The zero-order valence-corrected chi connectivity index (χ0v) is 29.4. The summed E-state index contributed by atoms with van der Waals surface area (Å²) in [6, 6.07) is 4.18. The number of amides is 3. The van der Waals surface area contributed by atoms with Gasteiger partial charge in [0.05, 0.1) is 30.3 Å². The zero-order chi connectivity index (χ0) is 35.0. The summed E-state index contributed by atoms with van der Waals surface area (Å²) in [5.41, 5.74) is 1.08. The molecule has 0 bridgehead atoms. The molecular weight excluding hydrogens is 632 g/mol. The predicted octanol–water partition coefficient (Wildman–Crippen LogP) is 3.55. The third-order valence-corrected chi connectivity index (χ3v) is 8.80. The van der Waals surface area contributed by atoms with Gasteiger partial charge in [-0.25, -0.2) is 4.79 Å². The summed E-state index contributed by atoms with van der Waals surface area (Å²) < 4.78 is 27.8. The molecule has 6 rings (SSSR count). The van der Waals surface area contributed by atoms with Gasteiger partial charge in [-0.05, 0) is 46.5 Å². The summed E-state index contributed by atoms with van der Waals surface area (Å²) in [4.78, 5) is 50.1. The van der Waals surface area contributed by atoms with E-state index in [1.54, 1.807) is 31.1 Å². The van der Waals surface area contributed by atoms with Crippen LogP contribution in [0.2, 0.25) is 0 Å². The highest BCUT2D eigenvalue weighted by molar-refractivity contribution is 5.73. The van der Waals surface area contributed by atoms with E-state index in [1.807, 2.05) is 42.7 Å². The normalized spacial score (nSPS) is 17.8. The second-order valence-corrected chi connectivity index (χ2v) is 13.6. The van der Waals surface area contributed by atoms with Crippen molar-refractivity contribution >= 4 is 17.9 Å². The molecule has 49 heavy (non-hydrogen) atoms. The average molecular weight is 683 g/mol. The maximum Gasteiger partial charge on any atom is 0.410 e. The number of nitrogens with zero attached hydrogens (tertiary/aromatic N) is 5. The molecule has 0 radical (unpaired) electrons. The minimum Gasteiger partial charge on any atom is -0.486 e. The third kappa shape index (κ3) is 10.3. The minimum absolute atomic E-state index is 0.0135. The summed E-state index contributed by atoms with van der Waals surface area (Å²) in [5.74, 6) is 3.00. The lowest BCUT2D eigenvalue weighted by Crippen LogP contribution is -2.49. The number of aromatic nitrogens is 2. The lowest BCUT2D eigenvalue weighted by Gasteiger charge is -2.38. The Bertz CT molecular complexity index is 1450. The maximum atomic E-state index is 12.9. The van der Waals surface area contributed by atoms with Crippen LogP contribution in [0.4, 0.5) is 4.79 Å². The lowest BCUT2D eigenvalue weighted by atomic mass is 10.0. The molecule has 0 aromatic carbocycles. The van der Waals surface area contributed by atoms with Crippen LogP contribution in [0.5, 0.6) is 23.0 Å². The van der Waals surface area contributed by atoms with Crippen molar-refractivity contribution in [2.24, 2.45) is 0 Å². The molecule has 3 amide bonds. The van der Waals surface area contributed by atoms with Crippen LogP contribution >= 0.6 is 0 Å². The predicted molar refractivity (Wildman–Crippen MR) is 180 cm³/mol. The number of rotatable bonds is 6. The fraction of sp³-hybridized carbons (Fsp3) is 0.629. The van der Waals surface area contributed by atoms with Crippen LogP contribution in [-0.2, 0) is 27.4 Å². The second-order valence-electron chi connectivity index (χ2n) is 13.6. The first-order valence-electron chi connectivity index (χ1n) is 17.2. The standard InChI is InChI=1S/C20H29N3O5.C15H21N3O3/c1-14(24)22-7-5-16(6-8-22)23(19(25)28-20(2,3)4)13-15-11-17-18(12-21-15)27-10-9-26-17;1-11(19)18-4-2-12(3-5-18)16-9-13-8-14-15(10-17-13)21-7-6-20-14/h11-12,16H,5-10,13H2,1-4H3;8,10,12,16H,2-7,9H2,1H3. The Morgan fingerprint density at radius 2 is 1.24 bits per heavy atom. The zero-order valence-electron chi connectivity index (χ0n) is 29.4. The lowest BCUT2D eigenvalue weighted by molar-refractivity contribution is -0.131. The molecule has 2 fully saturated rings. The molecule has 0 atom stereocenters. The van der Waals surface area contributed by atoms with E-state index in [1.165, 1.54) is 0 Å². The summed E-state index contributed by atoms with van der Waals surface area (Å²) in [5, 5.41) is 3.51. The van der Waals surface area contributed by atoms with Gasteiger partial charge in [-0.2, -0.15) is 0 Å². The van der Waals surface area contributed by atoms with Crippen LogP contribution in [0, 0.1) is 0 Å². The molecule has 14 heteroatoms. The largest absolute Gasteiger partial charge is 0.486 e. The van der Waals surface area contributed by atoms with Gasteiger partial charge in [0.2, 0.25) is 11.8 Å². The number of ether oxygens (including phenoxy) is 5. The topological polar surface area (TPSA) is 145 Å². The number of piperidine rings is 2. The van der Waals surface area contributed by atoms with Gasteiger partial charge in [-0.3, -0.25) is 24.5 Å². The van der Waals surface area contributed by atoms with Crippen LogP contribution in [0.15, 0.2) is 24.5 Å². The highest BCUT2D eigenvalue weighted by atomic mass is 16.6. The van der Waals surface area contributed by atoms with E-state index in [0.717, 1.165) is 43.1 Å². The van der Waals surface area contributed by atoms with Gasteiger partial charge in [-0.1, -0.05) is 0 Å². The van der Waals surface area contributed by atoms with E-state index in [9.17, 15) is 14.4 Å². The molecule has 1 N–H and O–H groups in total. The monoisotopic (exact) mass is 682 g/mol. The first-order chi connectivity index (χ1) is 23.4. The number of likely N-dealkylation sites (tertiary alicyclic amines) is 2. The summed E-state index contributed by atoms with van der Waals surface area (Å²) in [6.07, 6.45) is 6.39. The first-order valence-corrected chi connectivity index (χ1v) is 17.2. The molecule has 0 saturated carbocycles. The van der Waals surface area contributed by atoms with Gasteiger partial charge >= 0.3 is 6.09 Å². The van der Waals surface area contributed by atoms with Crippen LogP contribution in [0.1, 0.15) is 71.7 Å². The number of hydrogen-bond acceptors (Lipinski definition) is 11. The van der Waals surface area contributed by atoms with Crippen molar-refractivity contribution in [1.82, 2.24) is 30.0 Å². The Balaban J connectivity index is 0.000000199. The number of pyridine rings is 2. The van der Waals surface area contributed by atoms with E-state index in [2.05, 4.69) is 15.3 Å². The van der Waals surface area contributed by atoms with Crippen LogP contribution in [0.3, 0.4) is 0 Å². The van der Waals surface area contributed by atoms with Crippen molar-refractivity contribution in [2.45, 2.75) is 91.1 Å². The maximum absolute atomic E-state index is 12.9. The first kappa shape index (κ1) is 36.0. The molecule has 14 nitrogen and oxygen atoms in total. The van der Waals surface area contributed by atoms with E-state index >= 15 is 0 Å². The molecule has 2 aromatic heterocycles. The van der Waals surface area contributed by atoms with Gasteiger partial charge in [0.15, 0.2) is 23.0 Å². The molecular formula is C35H50N6O8. The quantitative estimate of drug-likeness (QED) is 0.478. The van der Waals surface area contributed by atoms with E-state index in [0.29, 0.717) is 88.7 Å². The molecule has 0 spiro atoms. The Morgan fingerprint density at radius 1 is 0.776 bits per heavy atom. The summed E-state index contributed by atoms with van der Waals surface area (Å²) >= 11 is 0. The third-order valence-electron chi connectivity index (χ3n) is 8.80. The molecule has 268 valence electrons. The molecule has 6 heterocycles. The van der Waals surface area contributed by atoms with Gasteiger partial charge in [0.1, 0.15) is 32.0 Å². The molecule has 0 unspecified atom stereocenters. The summed E-state index contributed by atoms with van der Waals surface area (Å²) in [6.45, 7) is 14.9. The number of carbonyl (C=O) groups is 3. The fourth-order valence-electron chi connectivity index (χ4n) is 6.14. The van der Waals surface area contributed by atoms with E-state index < -0.39 is 5.60 Å². The van der Waals surface area contributed by atoms with Crippen molar-refractivity contribution in [3.8, 4) is 23.0 Å². The van der Waals surface area contributed by atoms with Crippen molar-refractivity contribution in [1.29, 1.82) is 0 Å². The molecule has 2 aromatic rings. The van der Waals surface area contributed by atoms with Gasteiger partial charge in [-0.15, -0.1) is 0 Å². The van der Waals surface area contributed by atoms with Crippen molar-refractivity contribution in [3.05, 3.63) is 35.9 Å². The Hall–Kier alpha value is -4.33. The van der Waals surface area contributed by atoms with Gasteiger partial charge in [0.25, 0.3) is 0 Å². The van der Waals surface area contributed by atoms with Crippen LogP contribution in [-0.4, -0.2) is 113 Å². The van der Waals surface area contributed by atoms with Crippen molar-refractivity contribution < 1.29 is 38.1 Å². The molecule has 0 aliphatic carbocycles. The van der Waals surface area contributed by atoms with E-state index in [-0.39, 0.29) is 23.9 Å². The summed E-state index contributed by atoms with van der Waals surface area (Å²) in [7, 11) is 0. The van der Waals surface area contributed by atoms with Crippen LogP contribution in [0.25, 0.3) is 0 Å². The average Bonchev–Trinajstić information content (AvgIpc) is 3.09. The highest BCUT2D eigenvalue weighted by Crippen LogP contribution is 2.31. The van der Waals surface area contributed by atoms with Crippen molar-refractivity contribution in [3.63, 3.8) is 0 Å². The highest BCUT2D eigenvalue weighted by Gasteiger charge is 2.32. The number of fused-ring (bicyclic) bond motifs is 2. The molecule has 4 aliphatic rings. The number of hydrogen-bond donors (Lipinski definition) is 1. The fourth-order valence-corrected chi connectivity index (χ4v) is 6.14. The van der Waals surface area contributed by atoms with E-state index in [4.69, 9.17) is 23.7 Å². The van der Waals surface area contributed by atoms with Crippen molar-refractivity contribution in [2.75, 3.05) is 52.6 Å². The number of carbonyl (C=O) groups excluding carboxylic acids is 3. The minimum atomic E-state index is -0.588.